The van der Waals surface area contributed by atoms with Crippen LogP contribution in [0.2, 0.25) is 0 Å². The molecule has 2 amide bonds. The molecule has 0 radical (unpaired) electrons. The van der Waals surface area contributed by atoms with Crippen LogP contribution in [0.1, 0.15) is 18.4 Å². The second-order valence-corrected chi connectivity index (χ2v) is 7.14. The van der Waals surface area contributed by atoms with Crippen LogP contribution in [-0.4, -0.2) is 43.9 Å². The first-order chi connectivity index (χ1) is 13.1. The quantitative estimate of drug-likeness (QED) is 0.785. The van der Waals surface area contributed by atoms with Crippen LogP contribution in [-0.2, 0) is 9.59 Å². The Morgan fingerprint density at radius 2 is 1.56 bits per heavy atom. The predicted molar refractivity (Wildman–Crippen MR) is 107 cm³/mol. The number of imide groups is 1. The van der Waals surface area contributed by atoms with Crippen molar-refractivity contribution in [2.75, 3.05) is 37.0 Å². The fraction of sp³-hybridized carbons (Fsp3) is 0.273. The first kappa shape index (κ1) is 17.3. The Balaban J connectivity index is 1.81. The van der Waals surface area contributed by atoms with Gasteiger partial charge in [0.25, 0.3) is 11.8 Å². The summed E-state index contributed by atoms with van der Waals surface area (Å²) in [6.07, 6.45) is 2.09. The molecule has 0 N–H and O–H groups in total. The molecule has 5 nitrogen and oxygen atoms in total. The van der Waals surface area contributed by atoms with Crippen molar-refractivity contribution in [1.82, 2.24) is 4.90 Å². The Labute approximate surface area is 159 Å². The highest BCUT2D eigenvalue weighted by molar-refractivity contribution is 6.45. The lowest BCUT2D eigenvalue weighted by Gasteiger charge is -2.21. The third-order valence-electron chi connectivity index (χ3n) is 5.15. The molecular weight excluding hydrogens is 338 g/mol. The monoisotopic (exact) mass is 361 g/mol. The molecule has 1 fully saturated rings. The molecular formula is C22H23N3O2. The van der Waals surface area contributed by atoms with E-state index in [9.17, 15) is 9.59 Å². The summed E-state index contributed by atoms with van der Waals surface area (Å²) in [4.78, 5) is 32.1. The summed E-state index contributed by atoms with van der Waals surface area (Å²) in [6.45, 7) is 1.63. The molecule has 2 aliphatic heterocycles. The Hall–Kier alpha value is -3.08. The summed E-state index contributed by atoms with van der Waals surface area (Å²) < 4.78 is 0. The van der Waals surface area contributed by atoms with Gasteiger partial charge in [0.2, 0.25) is 0 Å². The molecule has 0 bridgehead atoms. The molecule has 27 heavy (non-hydrogen) atoms. The number of benzene rings is 2. The number of rotatable bonds is 4. The third-order valence-corrected chi connectivity index (χ3v) is 5.15. The summed E-state index contributed by atoms with van der Waals surface area (Å²) in [5.74, 6) is -0.472. The van der Waals surface area contributed by atoms with Gasteiger partial charge in [0.05, 0.1) is 11.3 Å². The Kier molecular flexibility index (Phi) is 4.44. The van der Waals surface area contributed by atoms with E-state index in [0.29, 0.717) is 17.0 Å². The molecule has 5 heteroatoms. The minimum absolute atomic E-state index is 0.225. The number of likely N-dealkylation sites (tertiary alicyclic amines) is 1. The van der Waals surface area contributed by atoms with Gasteiger partial charge < -0.3 is 9.80 Å². The molecule has 4 rings (SSSR count). The first-order valence-electron chi connectivity index (χ1n) is 9.29. The lowest BCUT2D eigenvalue weighted by atomic mass is 10.0. The van der Waals surface area contributed by atoms with Gasteiger partial charge in [-0.3, -0.25) is 9.59 Å². The van der Waals surface area contributed by atoms with E-state index in [1.807, 2.05) is 73.6 Å². The maximum atomic E-state index is 13.4. The Morgan fingerprint density at radius 1 is 0.852 bits per heavy atom. The van der Waals surface area contributed by atoms with Gasteiger partial charge in [-0.15, -0.1) is 0 Å². The van der Waals surface area contributed by atoms with E-state index in [-0.39, 0.29) is 11.8 Å². The van der Waals surface area contributed by atoms with Crippen molar-refractivity contribution in [1.29, 1.82) is 0 Å². The minimum atomic E-state index is -0.246. The molecule has 0 aliphatic carbocycles. The number of carbonyl (C=O) groups excluding carboxylic acids is 2. The maximum absolute atomic E-state index is 13.4. The zero-order chi connectivity index (χ0) is 19.0. The van der Waals surface area contributed by atoms with Gasteiger partial charge in [-0.1, -0.05) is 36.4 Å². The van der Waals surface area contributed by atoms with Gasteiger partial charge in [-0.2, -0.15) is 0 Å². The molecule has 2 heterocycles. The van der Waals surface area contributed by atoms with E-state index in [2.05, 4.69) is 4.90 Å². The summed E-state index contributed by atoms with van der Waals surface area (Å²) in [7, 11) is 3.88. The second-order valence-electron chi connectivity index (χ2n) is 7.14. The van der Waals surface area contributed by atoms with Crippen LogP contribution in [0.15, 0.2) is 60.3 Å². The van der Waals surface area contributed by atoms with E-state index >= 15 is 0 Å². The molecule has 0 spiro atoms. The Morgan fingerprint density at radius 3 is 2.22 bits per heavy atom. The number of hydrogen-bond acceptors (Lipinski definition) is 4. The van der Waals surface area contributed by atoms with Crippen LogP contribution >= 0.6 is 0 Å². The zero-order valence-electron chi connectivity index (χ0n) is 15.7. The molecule has 1 saturated heterocycles. The van der Waals surface area contributed by atoms with Crippen molar-refractivity contribution in [2.24, 2.45) is 0 Å². The Bertz CT molecular complexity index is 912. The number of amides is 2. The molecule has 138 valence electrons. The average molecular weight is 361 g/mol. The summed E-state index contributed by atoms with van der Waals surface area (Å²) >= 11 is 0. The standard InChI is InChI=1S/C22H23N3O2/c1-23(2)17-11-8-12-18(15-17)25-21(26)19(16-9-4-3-5-10-16)20(22(25)27)24-13-6-7-14-24/h3-5,8-12,15H,6-7,13-14H2,1-2H3. The third kappa shape index (κ3) is 2.99. The van der Waals surface area contributed by atoms with E-state index in [1.165, 1.54) is 4.90 Å². The van der Waals surface area contributed by atoms with E-state index < -0.39 is 0 Å². The highest BCUT2D eigenvalue weighted by Gasteiger charge is 2.42. The van der Waals surface area contributed by atoms with Crippen LogP contribution in [0, 0.1) is 0 Å². The average Bonchev–Trinajstić information content (AvgIpc) is 3.28. The van der Waals surface area contributed by atoms with Crippen LogP contribution in [0.3, 0.4) is 0 Å². The molecule has 2 aliphatic rings. The summed E-state index contributed by atoms with van der Waals surface area (Å²) in [5.41, 5.74) is 3.41. The molecule has 0 unspecified atom stereocenters. The van der Waals surface area contributed by atoms with Crippen molar-refractivity contribution in [2.45, 2.75) is 12.8 Å². The SMILES string of the molecule is CN(C)c1cccc(N2C(=O)C(c3ccccc3)=C(N3CCCC3)C2=O)c1. The minimum Gasteiger partial charge on any atom is -0.378 e. The zero-order valence-corrected chi connectivity index (χ0v) is 15.7. The van der Waals surface area contributed by atoms with Crippen LogP contribution in [0.4, 0.5) is 11.4 Å². The molecule has 2 aromatic rings. The van der Waals surface area contributed by atoms with Crippen molar-refractivity contribution in [3.8, 4) is 0 Å². The fourth-order valence-corrected chi connectivity index (χ4v) is 3.76. The number of anilines is 2. The van der Waals surface area contributed by atoms with E-state index in [1.54, 1.807) is 0 Å². The fourth-order valence-electron chi connectivity index (χ4n) is 3.76. The first-order valence-corrected chi connectivity index (χ1v) is 9.29. The van der Waals surface area contributed by atoms with Gasteiger partial charge in [0.1, 0.15) is 5.70 Å². The van der Waals surface area contributed by atoms with Crippen LogP contribution < -0.4 is 9.80 Å². The lowest BCUT2D eigenvalue weighted by Crippen LogP contribution is -2.34. The molecule has 0 saturated carbocycles. The van der Waals surface area contributed by atoms with Gasteiger partial charge >= 0.3 is 0 Å². The highest BCUT2D eigenvalue weighted by Crippen LogP contribution is 2.36. The topological polar surface area (TPSA) is 43.9 Å². The van der Waals surface area contributed by atoms with Gasteiger partial charge in [-0.25, -0.2) is 4.90 Å². The van der Waals surface area contributed by atoms with Crippen molar-refractivity contribution in [3.63, 3.8) is 0 Å². The van der Waals surface area contributed by atoms with Crippen molar-refractivity contribution in [3.05, 3.63) is 65.9 Å². The summed E-state index contributed by atoms with van der Waals surface area (Å²) in [6, 6.07) is 17.0. The van der Waals surface area contributed by atoms with Crippen LogP contribution in [0.25, 0.3) is 5.57 Å². The smallest absolute Gasteiger partial charge is 0.282 e. The summed E-state index contributed by atoms with van der Waals surface area (Å²) in [5, 5.41) is 0. The lowest BCUT2D eigenvalue weighted by molar-refractivity contribution is -0.120. The number of nitrogens with zero attached hydrogens (tertiary/aromatic N) is 3. The number of carbonyl (C=O) groups is 2. The van der Waals surface area contributed by atoms with Gasteiger partial charge in [0, 0.05) is 32.9 Å². The van der Waals surface area contributed by atoms with Crippen molar-refractivity contribution >= 4 is 28.8 Å². The normalized spacial score (nSPS) is 17.3. The van der Waals surface area contributed by atoms with Crippen molar-refractivity contribution < 1.29 is 9.59 Å². The molecule has 0 aromatic heterocycles. The molecule has 0 atom stereocenters. The largest absolute Gasteiger partial charge is 0.378 e. The maximum Gasteiger partial charge on any atom is 0.282 e. The van der Waals surface area contributed by atoms with E-state index in [4.69, 9.17) is 0 Å². The van der Waals surface area contributed by atoms with Gasteiger partial charge in [0.15, 0.2) is 0 Å². The highest BCUT2D eigenvalue weighted by atomic mass is 16.2. The van der Waals surface area contributed by atoms with Crippen LogP contribution in [0.5, 0.6) is 0 Å². The second kappa shape index (κ2) is 6.91. The van der Waals surface area contributed by atoms with E-state index in [0.717, 1.165) is 37.2 Å². The predicted octanol–water partition coefficient (Wildman–Crippen LogP) is 3.13. The van der Waals surface area contributed by atoms with Gasteiger partial charge in [-0.05, 0) is 36.6 Å². The number of hydrogen-bond donors (Lipinski definition) is 0. The molecule has 2 aromatic carbocycles.